The number of amides is 2. The summed E-state index contributed by atoms with van der Waals surface area (Å²) in [5.74, 6) is 0.0105. The summed E-state index contributed by atoms with van der Waals surface area (Å²) in [6.07, 6.45) is 1.27. The molecule has 1 aliphatic rings. The Labute approximate surface area is 178 Å². The molecule has 8 nitrogen and oxygen atoms in total. The monoisotopic (exact) mass is 419 g/mol. The summed E-state index contributed by atoms with van der Waals surface area (Å²) in [6, 6.07) is 12.6. The summed E-state index contributed by atoms with van der Waals surface area (Å²) in [6.45, 7) is 2.88. The Balaban J connectivity index is 1.63. The molecule has 2 amide bonds. The Kier molecular flexibility index (Phi) is 5.29. The predicted molar refractivity (Wildman–Crippen MR) is 114 cm³/mol. The van der Waals surface area contributed by atoms with Crippen LogP contribution < -0.4 is 9.47 Å². The standard InChI is InChI=1S/C23H21N3O5/c1-14(27)23-17-6-4-5-7-18(17)25(3)19(23)11-22(29)26(15(2)28)24-12-16-8-9-20-21(10-16)31-13-30-20/h4-10,12H,11,13H2,1-3H3/b24-12-. The Bertz CT molecular complexity index is 1240. The number of aromatic nitrogens is 1. The second-order valence-electron chi connectivity index (χ2n) is 7.21. The number of Topliss-reactive ketones (excluding diaryl/α,β-unsaturated/α-hetero) is 1. The van der Waals surface area contributed by atoms with Gasteiger partial charge in [0.2, 0.25) is 12.7 Å². The van der Waals surface area contributed by atoms with Crippen LogP contribution in [0.4, 0.5) is 0 Å². The Morgan fingerprint density at radius 2 is 1.84 bits per heavy atom. The van der Waals surface area contributed by atoms with Crippen molar-refractivity contribution >= 4 is 34.7 Å². The van der Waals surface area contributed by atoms with Crippen molar-refractivity contribution in [2.75, 3.05) is 6.79 Å². The molecule has 0 saturated carbocycles. The second kappa shape index (κ2) is 8.06. The average Bonchev–Trinajstić information content (AvgIpc) is 3.30. The minimum absolute atomic E-state index is 0.141. The van der Waals surface area contributed by atoms with Gasteiger partial charge in [-0.05, 0) is 36.8 Å². The van der Waals surface area contributed by atoms with Crippen molar-refractivity contribution in [3.63, 3.8) is 0 Å². The van der Waals surface area contributed by atoms with Crippen LogP contribution in [0.25, 0.3) is 10.9 Å². The lowest BCUT2D eigenvalue weighted by Crippen LogP contribution is -2.32. The van der Waals surface area contributed by atoms with Crippen LogP contribution in [0, 0.1) is 0 Å². The number of carbonyl (C=O) groups excluding carboxylic acids is 3. The molecule has 0 radical (unpaired) electrons. The minimum atomic E-state index is -0.530. The fraction of sp³-hybridized carbons (Fsp3) is 0.217. The van der Waals surface area contributed by atoms with Gasteiger partial charge in [-0.3, -0.25) is 14.4 Å². The van der Waals surface area contributed by atoms with Crippen molar-refractivity contribution in [2.45, 2.75) is 20.3 Å². The summed E-state index contributed by atoms with van der Waals surface area (Å²) in [5, 5.41) is 5.68. The van der Waals surface area contributed by atoms with Crippen LogP contribution in [0.5, 0.6) is 11.5 Å². The molecule has 0 unspecified atom stereocenters. The number of fused-ring (bicyclic) bond motifs is 2. The number of carbonyl (C=O) groups is 3. The summed E-state index contributed by atoms with van der Waals surface area (Å²) in [4.78, 5) is 37.4. The summed E-state index contributed by atoms with van der Waals surface area (Å²) < 4.78 is 12.4. The van der Waals surface area contributed by atoms with E-state index < -0.39 is 11.8 Å². The highest BCUT2D eigenvalue weighted by Gasteiger charge is 2.24. The zero-order chi connectivity index (χ0) is 22.1. The molecule has 2 aromatic carbocycles. The first-order chi connectivity index (χ1) is 14.9. The number of imide groups is 1. The van der Waals surface area contributed by atoms with Crippen LogP contribution in [0.15, 0.2) is 47.6 Å². The third kappa shape index (κ3) is 3.79. The van der Waals surface area contributed by atoms with Crippen molar-refractivity contribution in [1.29, 1.82) is 0 Å². The van der Waals surface area contributed by atoms with Gasteiger partial charge in [-0.1, -0.05) is 18.2 Å². The number of hydrogen-bond donors (Lipinski definition) is 0. The van der Waals surface area contributed by atoms with Gasteiger partial charge in [0, 0.05) is 36.1 Å². The number of aryl methyl sites for hydroxylation is 1. The smallest absolute Gasteiger partial charge is 0.255 e. The molecular weight excluding hydrogens is 398 g/mol. The molecule has 0 fully saturated rings. The van der Waals surface area contributed by atoms with Crippen molar-refractivity contribution in [2.24, 2.45) is 12.1 Å². The van der Waals surface area contributed by atoms with Crippen LogP contribution in [0.2, 0.25) is 0 Å². The molecule has 3 aromatic rings. The van der Waals surface area contributed by atoms with E-state index in [-0.39, 0.29) is 19.0 Å². The average molecular weight is 419 g/mol. The van der Waals surface area contributed by atoms with Crippen LogP contribution in [0.3, 0.4) is 0 Å². The predicted octanol–water partition coefficient (Wildman–Crippen LogP) is 3.06. The van der Waals surface area contributed by atoms with E-state index in [1.807, 2.05) is 28.8 Å². The molecule has 8 heteroatoms. The van der Waals surface area contributed by atoms with Gasteiger partial charge in [0.25, 0.3) is 5.91 Å². The lowest BCUT2D eigenvalue weighted by molar-refractivity contribution is -0.143. The van der Waals surface area contributed by atoms with Gasteiger partial charge < -0.3 is 14.0 Å². The quantitative estimate of drug-likeness (QED) is 0.360. The number of ether oxygens (including phenoxy) is 2. The first kappa shape index (κ1) is 20.3. The van der Waals surface area contributed by atoms with E-state index in [4.69, 9.17) is 9.47 Å². The Morgan fingerprint density at radius 3 is 2.58 bits per heavy atom. The first-order valence-corrected chi connectivity index (χ1v) is 9.71. The minimum Gasteiger partial charge on any atom is -0.454 e. The van der Waals surface area contributed by atoms with Gasteiger partial charge >= 0.3 is 0 Å². The van der Waals surface area contributed by atoms with Crippen molar-refractivity contribution < 1.29 is 23.9 Å². The number of para-hydroxylation sites is 1. The molecule has 0 saturated heterocycles. The van der Waals surface area contributed by atoms with E-state index in [0.717, 1.165) is 15.9 Å². The summed E-state index contributed by atoms with van der Waals surface area (Å²) >= 11 is 0. The number of nitrogens with zero attached hydrogens (tertiary/aromatic N) is 3. The molecule has 0 bridgehead atoms. The number of hydrazone groups is 1. The molecule has 4 rings (SSSR count). The zero-order valence-electron chi connectivity index (χ0n) is 17.4. The molecule has 1 aliphatic heterocycles. The normalized spacial score (nSPS) is 12.5. The molecule has 0 aliphatic carbocycles. The molecule has 0 spiro atoms. The summed E-state index contributed by atoms with van der Waals surface area (Å²) in [7, 11) is 1.80. The molecule has 1 aromatic heterocycles. The third-order valence-electron chi connectivity index (χ3n) is 5.15. The number of rotatable bonds is 5. The third-order valence-corrected chi connectivity index (χ3v) is 5.15. The lowest BCUT2D eigenvalue weighted by atomic mass is 10.1. The molecular formula is C23H21N3O5. The van der Waals surface area contributed by atoms with Crippen LogP contribution >= 0.6 is 0 Å². The largest absolute Gasteiger partial charge is 0.454 e. The maximum absolute atomic E-state index is 13.0. The van der Waals surface area contributed by atoms with Crippen molar-refractivity contribution in [1.82, 2.24) is 9.58 Å². The van der Waals surface area contributed by atoms with Gasteiger partial charge in [0.15, 0.2) is 17.3 Å². The number of ketones is 1. The SMILES string of the molecule is CC(=O)c1c(CC(=O)N(/N=C\c2ccc3c(c2)OCO3)C(C)=O)n(C)c2ccccc12. The molecule has 0 atom stereocenters. The lowest BCUT2D eigenvalue weighted by Gasteiger charge is -2.14. The molecule has 31 heavy (non-hydrogen) atoms. The van der Waals surface area contributed by atoms with E-state index in [9.17, 15) is 14.4 Å². The van der Waals surface area contributed by atoms with E-state index in [0.29, 0.717) is 28.3 Å². The highest BCUT2D eigenvalue weighted by Crippen LogP contribution is 2.32. The van der Waals surface area contributed by atoms with E-state index >= 15 is 0 Å². The zero-order valence-corrected chi connectivity index (χ0v) is 17.4. The molecule has 2 heterocycles. The fourth-order valence-electron chi connectivity index (χ4n) is 3.70. The highest BCUT2D eigenvalue weighted by atomic mass is 16.7. The van der Waals surface area contributed by atoms with Crippen LogP contribution in [-0.4, -0.2) is 40.2 Å². The van der Waals surface area contributed by atoms with Gasteiger partial charge in [-0.2, -0.15) is 10.1 Å². The van der Waals surface area contributed by atoms with E-state index in [1.165, 1.54) is 20.1 Å². The van der Waals surface area contributed by atoms with Gasteiger partial charge in [-0.15, -0.1) is 0 Å². The molecule has 158 valence electrons. The van der Waals surface area contributed by atoms with Gasteiger partial charge in [0.05, 0.1) is 12.6 Å². The maximum atomic E-state index is 13.0. The fourth-order valence-corrected chi connectivity index (χ4v) is 3.70. The first-order valence-electron chi connectivity index (χ1n) is 9.71. The Morgan fingerprint density at radius 1 is 1.10 bits per heavy atom. The van der Waals surface area contributed by atoms with Crippen molar-refractivity contribution in [3.8, 4) is 11.5 Å². The van der Waals surface area contributed by atoms with Crippen LogP contribution in [-0.2, 0) is 23.1 Å². The maximum Gasteiger partial charge on any atom is 0.255 e. The topological polar surface area (TPSA) is 90.2 Å². The number of benzene rings is 2. The van der Waals surface area contributed by atoms with E-state index in [1.54, 1.807) is 25.2 Å². The number of hydrogen-bond acceptors (Lipinski definition) is 6. The highest BCUT2D eigenvalue weighted by molar-refractivity contribution is 6.09. The van der Waals surface area contributed by atoms with Gasteiger partial charge in [-0.25, -0.2) is 0 Å². The van der Waals surface area contributed by atoms with Crippen LogP contribution in [0.1, 0.15) is 35.5 Å². The second-order valence-corrected chi connectivity index (χ2v) is 7.21. The van der Waals surface area contributed by atoms with Gasteiger partial charge in [0.1, 0.15) is 0 Å². The molecule has 0 N–H and O–H groups in total. The summed E-state index contributed by atoms with van der Waals surface area (Å²) in [5.41, 5.74) is 2.52. The Hall–Kier alpha value is -3.94. The van der Waals surface area contributed by atoms with E-state index in [2.05, 4.69) is 5.10 Å². The van der Waals surface area contributed by atoms with Crippen molar-refractivity contribution in [3.05, 3.63) is 59.3 Å².